The van der Waals surface area contributed by atoms with Crippen LogP contribution in [-0.4, -0.2) is 101 Å². The van der Waals surface area contributed by atoms with E-state index in [1.807, 2.05) is 0 Å². The molecule has 48 heavy (non-hydrogen) atoms. The maximum absolute atomic E-state index is 13.4. The topological polar surface area (TPSA) is 255 Å². The van der Waals surface area contributed by atoms with Gasteiger partial charge in [-0.25, -0.2) is 9.59 Å². The molecule has 248 valence electrons. The van der Waals surface area contributed by atoms with Crippen molar-refractivity contribution in [2.75, 3.05) is 31.1 Å². The summed E-state index contributed by atoms with van der Waals surface area (Å²) in [4.78, 5) is 83.3. The van der Waals surface area contributed by atoms with Gasteiger partial charge in [0.1, 0.15) is 0 Å². The third-order valence-electron chi connectivity index (χ3n) is 8.26. The van der Waals surface area contributed by atoms with E-state index in [1.54, 1.807) is 4.90 Å². The van der Waals surface area contributed by atoms with Crippen molar-refractivity contribution in [3.63, 3.8) is 0 Å². The van der Waals surface area contributed by atoms with Gasteiger partial charge in [0, 0.05) is 48.9 Å². The maximum Gasteiger partial charge on any atom is 1.00 e. The van der Waals surface area contributed by atoms with Crippen LogP contribution in [0.3, 0.4) is 0 Å². The van der Waals surface area contributed by atoms with E-state index in [4.69, 9.17) is 19.3 Å². The largest absolute Gasteiger partial charge is 1.00 e. The Labute approximate surface area is 301 Å². The van der Waals surface area contributed by atoms with Gasteiger partial charge in [0.15, 0.2) is 34.8 Å². The molecule has 4 aliphatic heterocycles. The number of carboxylic acid groups (broad SMARTS) is 1. The molecule has 6 heterocycles. The average molecular weight is 712 g/mol. The minimum absolute atomic E-state index is 0. The number of nitrogen functional groups attached to an aromatic ring is 1. The molecule has 2 aromatic rings. The summed E-state index contributed by atoms with van der Waals surface area (Å²) >= 11 is 2.03. The van der Waals surface area contributed by atoms with Gasteiger partial charge in [-0.1, -0.05) is 5.16 Å². The second kappa shape index (κ2) is 14.2. The second-order valence-electron chi connectivity index (χ2n) is 11.0. The van der Waals surface area contributed by atoms with Crippen molar-refractivity contribution < 1.29 is 77.4 Å². The number of oxime groups is 1. The molecule has 21 heteroatoms. The maximum atomic E-state index is 13.4. The third kappa shape index (κ3) is 6.66. The number of rotatable bonds is 9. The van der Waals surface area contributed by atoms with Crippen LogP contribution in [0.15, 0.2) is 41.7 Å². The fourth-order valence-electron chi connectivity index (χ4n) is 5.94. The quantitative estimate of drug-likeness (QED) is 0.0632. The number of aromatic nitrogens is 2. The summed E-state index contributed by atoms with van der Waals surface area (Å²) in [5, 5.41) is 23.9. The molecule has 0 bridgehead atoms. The van der Waals surface area contributed by atoms with Gasteiger partial charge in [0.2, 0.25) is 17.6 Å². The van der Waals surface area contributed by atoms with Crippen molar-refractivity contribution in [2.24, 2.45) is 11.1 Å². The van der Waals surface area contributed by atoms with Gasteiger partial charge in [-0.2, -0.15) is 9.36 Å². The summed E-state index contributed by atoms with van der Waals surface area (Å²) < 4.78 is 18.7. The predicted octanol–water partition coefficient (Wildman–Crippen LogP) is -3.78. The number of allylic oxidation sites excluding steroid dienone is 1. The van der Waals surface area contributed by atoms with Gasteiger partial charge < -0.3 is 44.2 Å². The van der Waals surface area contributed by atoms with Crippen molar-refractivity contribution in [1.82, 2.24) is 24.1 Å². The average Bonchev–Trinajstić information content (AvgIpc) is 3.83. The standard InChI is InChI=1S/C27H27N7O11S2.Na/c1-11-17(45-27(41)44-11)9-43-26(40)32-4-3-14(8-32)33-5-2-12(21(33)36)6-13-10-46-23-15(22(37)34(23)19(13)24(38)39)7-16(35)18(30-42)20-29-25(28)47-31-20;/h6,14-15,23,42H,2-5,7-10H2,1H3,(H,38,39)(H2,28,29,31);/q;+1/p-1/b12-6+,30-18+;/t14-,15?,23-;/m1./s1. The summed E-state index contributed by atoms with van der Waals surface area (Å²) in [5.41, 5.74) is 5.28. The number of nitrogens with two attached hydrogens (primary N) is 1. The van der Waals surface area contributed by atoms with Crippen molar-refractivity contribution in [3.05, 3.63) is 50.9 Å². The summed E-state index contributed by atoms with van der Waals surface area (Å²) in [5.74, 6) is -4.79. The molecule has 3 atom stereocenters. The molecule has 6 rings (SSSR count). The number of carbonyl (C=O) groups excluding carboxylic acids is 5. The van der Waals surface area contributed by atoms with Crippen LogP contribution in [0.5, 0.6) is 0 Å². The van der Waals surface area contributed by atoms with Gasteiger partial charge in [0.25, 0.3) is 0 Å². The number of likely N-dealkylation sites (tertiary alicyclic amines) is 2. The van der Waals surface area contributed by atoms with Gasteiger partial charge in [0.05, 0.1) is 29.0 Å². The number of fused-ring (bicyclic) bond motifs is 1. The zero-order valence-electron chi connectivity index (χ0n) is 25.6. The number of hydrogen-bond acceptors (Lipinski definition) is 17. The molecule has 0 radical (unpaired) electrons. The monoisotopic (exact) mass is 711 g/mol. The molecule has 0 aromatic carbocycles. The molecule has 0 spiro atoms. The normalized spacial score (nSPS) is 23.4. The number of ether oxygens (including phenoxy) is 1. The molecule has 0 aliphatic carbocycles. The Balaban J connectivity index is 0.00000451. The van der Waals surface area contributed by atoms with Crippen LogP contribution in [0.4, 0.5) is 9.93 Å². The number of β-lactam (4-membered cyclic amide) rings is 1. The minimum Gasteiger partial charge on any atom is -0.543 e. The Morgan fingerprint density at radius 2 is 2.00 bits per heavy atom. The van der Waals surface area contributed by atoms with Gasteiger partial charge in [-0.05, 0) is 31.4 Å². The molecule has 0 saturated carbocycles. The number of ketones is 1. The van der Waals surface area contributed by atoms with Gasteiger partial charge >= 0.3 is 41.5 Å². The summed E-state index contributed by atoms with van der Waals surface area (Å²) in [7, 11) is 0. The number of thioether (sulfide) groups is 1. The number of amides is 3. The number of carboxylic acids is 1. The van der Waals surface area contributed by atoms with E-state index in [-0.39, 0.29) is 101 Å². The molecular weight excluding hydrogens is 685 g/mol. The van der Waals surface area contributed by atoms with Crippen LogP contribution in [0.1, 0.15) is 36.6 Å². The first-order valence-electron chi connectivity index (χ1n) is 14.2. The molecule has 3 saturated heterocycles. The second-order valence-corrected chi connectivity index (χ2v) is 12.9. The first-order chi connectivity index (χ1) is 22.5. The van der Waals surface area contributed by atoms with E-state index in [0.29, 0.717) is 31.5 Å². The van der Waals surface area contributed by atoms with Crippen LogP contribution in [0, 0.1) is 12.8 Å². The summed E-state index contributed by atoms with van der Waals surface area (Å²) in [6, 6.07) is -0.298. The predicted molar refractivity (Wildman–Crippen MR) is 157 cm³/mol. The van der Waals surface area contributed by atoms with E-state index >= 15 is 0 Å². The molecule has 3 amide bonds. The molecule has 3 fully saturated rings. The van der Waals surface area contributed by atoms with Gasteiger partial charge in [-0.15, -0.1) is 11.8 Å². The van der Waals surface area contributed by atoms with E-state index in [9.17, 15) is 39.1 Å². The first kappa shape index (κ1) is 35.3. The van der Waals surface area contributed by atoms with Crippen LogP contribution < -0.4 is 46.2 Å². The Bertz CT molecular complexity index is 1830. The fraction of sp³-hybridized carbons (Fsp3) is 0.444. The number of hydrogen-bond donors (Lipinski definition) is 2. The first-order valence-corrected chi connectivity index (χ1v) is 16.1. The van der Waals surface area contributed by atoms with Crippen molar-refractivity contribution in [2.45, 2.75) is 44.2 Å². The number of aryl methyl sites for hydroxylation is 1. The number of carbonyl (C=O) groups is 5. The number of anilines is 1. The Morgan fingerprint density at radius 1 is 1.23 bits per heavy atom. The smallest absolute Gasteiger partial charge is 0.543 e. The number of aliphatic carboxylic acids is 1. The number of Topliss-reactive ketones (excluding diaryl/α,β-unsaturated/α-hetero) is 1. The van der Waals surface area contributed by atoms with Gasteiger partial charge in [-0.3, -0.25) is 19.3 Å². The van der Waals surface area contributed by atoms with Crippen LogP contribution in [0.2, 0.25) is 0 Å². The van der Waals surface area contributed by atoms with E-state index < -0.39 is 46.6 Å². The number of nitrogens with zero attached hydrogens (tertiary/aromatic N) is 6. The van der Waals surface area contributed by atoms with Crippen molar-refractivity contribution in [1.29, 1.82) is 0 Å². The van der Waals surface area contributed by atoms with Crippen molar-refractivity contribution >= 4 is 63.8 Å². The van der Waals surface area contributed by atoms with E-state index in [2.05, 4.69) is 14.5 Å². The Hall–Kier alpha value is -3.98. The van der Waals surface area contributed by atoms with Crippen LogP contribution in [0.25, 0.3) is 0 Å². The van der Waals surface area contributed by atoms with E-state index in [0.717, 1.165) is 16.4 Å². The fourth-order valence-corrected chi connectivity index (χ4v) is 7.75. The zero-order valence-corrected chi connectivity index (χ0v) is 29.2. The molecule has 4 aliphatic rings. The minimum atomic E-state index is -1.60. The van der Waals surface area contributed by atoms with Crippen LogP contribution >= 0.6 is 23.3 Å². The van der Waals surface area contributed by atoms with E-state index in [1.165, 1.54) is 29.7 Å². The zero-order chi connectivity index (χ0) is 33.6. The van der Waals surface area contributed by atoms with Crippen LogP contribution in [-0.2, 0) is 30.5 Å². The molecular formula is C27H26N7NaO11S2. The molecule has 3 N–H and O–H groups in total. The van der Waals surface area contributed by atoms with Crippen molar-refractivity contribution in [3.8, 4) is 0 Å². The molecule has 1 unspecified atom stereocenters. The summed E-state index contributed by atoms with van der Waals surface area (Å²) in [6.07, 6.45) is 1.27. The summed E-state index contributed by atoms with van der Waals surface area (Å²) in [6.45, 7) is 2.12. The Morgan fingerprint density at radius 3 is 2.65 bits per heavy atom. The molecule has 2 aromatic heterocycles. The SMILES string of the molecule is Cc1oc(=O)oc1COC(=O)N1CC[C@@H](N2CC/C(=C\C3=C(C(=O)[O-])N4C(=O)C(CC(=O)/C(=N\O)c5nsc(N)n5)[C@H]4SC3)C2=O)C1.[Na+]. The third-order valence-corrected chi connectivity index (χ3v) is 10.2. The Kier molecular flexibility index (Phi) is 10.5. The molecule has 18 nitrogen and oxygen atoms in total.